The van der Waals surface area contributed by atoms with E-state index in [-0.39, 0.29) is 37.5 Å². The zero-order valence-electron chi connectivity index (χ0n) is 39.2. The van der Waals surface area contributed by atoms with E-state index in [2.05, 4.69) is 93.7 Å². The molecule has 0 rings (SSSR count). The lowest BCUT2D eigenvalue weighted by Gasteiger charge is -2.18. The number of carbonyl (C=O) groups is 3. The molecular weight excluding hydrogens is 745 g/mol. The third-order valence-electron chi connectivity index (χ3n) is 10.4. The van der Waals surface area contributed by atoms with Crippen molar-refractivity contribution < 1.29 is 28.6 Å². The van der Waals surface area contributed by atoms with Gasteiger partial charge in [-0.15, -0.1) is 0 Å². The van der Waals surface area contributed by atoms with E-state index in [1.165, 1.54) is 109 Å². The molecule has 0 aliphatic rings. The van der Waals surface area contributed by atoms with Crippen LogP contribution in [0.2, 0.25) is 0 Å². The minimum Gasteiger partial charge on any atom is -0.462 e. The Morgan fingerprint density at radius 2 is 0.667 bits per heavy atom. The maximum atomic E-state index is 12.8. The summed E-state index contributed by atoms with van der Waals surface area (Å²) < 4.78 is 16.7. The van der Waals surface area contributed by atoms with Gasteiger partial charge in [0.1, 0.15) is 13.2 Å². The van der Waals surface area contributed by atoms with Gasteiger partial charge in [0.15, 0.2) is 6.10 Å². The third kappa shape index (κ3) is 45.9. The monoisotopic (exact) mass is 837 g/mol. The Labute approximate surface area is 370 Å². The van der Waals surface area contributed by atoms with Crippen molar-refractivity contribution in [2.24, 2.45) is 0 Å². The van der Waals surface area contributed by atoms with Crippen molar-refractivity contribution in [1.29, 1.82) is 0 Å². The molecule has 0 saturated heterocycles. The van der Waals surface area contributed by atoms with Gasteiger partial charge in [0, 0.05) is 19.3 Å². The van der Waals surface area contributed by atoms with Gasteiger partial charge in [-0.2, -0.15) is 0 Å². The summed E-state index contributed by atoms with van der Waals surface area (Å²) in [7, 11) is 0. The minimum atomic E-state index is -0.797. The predicted molar refractivity (Wildman–Crippen MR) is 256 cm³/mol. The average Bonchev–Trinajstić information content (AvgIpc) is 3.24. The van der Waals surface area contributed by atoms with Crippen molar-refractivity contribution in [2.75, 3.05) is 13.2 Å². The second-order valence-corrected chi connectivity index (χ2v) is 16.3. The predicted octanol–water partition coefficient (Wildman–Crippen LogP) is 16.3. The van der Waals surface area contributed by atoms with Gasteiger partial charge in [0.2, 0.25) is 0 Å². The highest BCUT2D eigenvalue weighted by Gasteiger charge is 2.19. The van der Waals surface area contributed by atoms with Gasteiger partial charge in [-0.05, 0) is 83.5 Å². The number of rotatable bonds is 44. The molecule has 0 saturated carbocycles. The molecule has 0 radical (unpaired) electrons. The Bertz CT molecular complexity index is 1140. The maximum Gasteiger partial charge on any atom is 0.306 e. The fourth-order valence-corrected chi connectivity index (χ4v) is 6.71. The standard InChI is InChI=1S/C54H92O6/c1-4-7-10-13-16-19-21-23-25-27-29-31-33-35-38-41-44-47-53(56)59-50-51(49-58-52(55)46-43-40-37-18-15-12-9-6-3)60-54(57)48-45-42-39-36-34-32-30-28-26-24-22-20-17-14-11-8-5-2/h7,10,16,19,23-26,29,31,35,38,51H,4-6,8-9,11-15,17-18,20-22,27-28,30,32-34,36-37,39-50H2,1-3H3/b10-7-,19-16-,25-23-,26-24-,31-29-,38-35-. The first-order valence-electron chi connectivity index (χ1n) is 24.9. The Balaban J connectivity index is 4.40. The van der Waals surface area contributed by atoms with E-state index in [1.807, 2.05) is 0 Å². The molecule has 0 aromatic heterocycles. The van der Waals surface area contributed by atoms with E-state index in [4.69, 9.17) is 14.2 Å². The van der Waals surface area contributed by atoms with Crippen molar-refractivity contribution >= 4 is 17.9 Å². The summed E-state index contributed by atoms with van der Waals surface area (Å²) in [5, 5.41) is 0. The van der Waals surface area contributed by atoms with Crippen molar-refractivity contribution in [3.63, 3.8) is 0 Å². The van der Waals surface area contributed by atoms with Crippen LogP contribution in [0, 0.1) is 0 Å². The van der Waals surface area contributed by atoms with Crippen molar-refractivity contribution in [3.05, 3.63) is 72.9 Å². The van der Waals surface area contributed by atoms with Crippen LogP contribution in [0.15, 0.2) is 72.9 Å². The fraction of sp³-hybridized carbons (Fsp3) is 0.722. The summed E-state index contributed by atoms with van der Waals surface area (Å²) in [5.41, 5.74) is 0. The lowest BCUT2D eigenvalue weighted by atomic mass is 10.1. The largest absolute Gasteiger partial charge is 0.462 e. The van der Waals surface area contributed by atoms with E-state index in [9.17, 15) is 14.4 Å². The Morgan fingerprint density at radius 1 is 0.350 bits per heavy atom. The van der Waals surface area contributed by atoms with Crippen LogP contribution in [0.5, 0.6) is 0 Å². The number of hydrogen-bond acceptors (Lipinski definition) is 6. The second-order valence-electron chi connectivity index (χ2n) is 16.3. The molecule has 0 aliphatic carbocycles. The highest BCUT2D eigenvalue weighted by molar-refractivity contribution is 5.71. The summed E-state index contributed by atoms with van der Waals surface area (Å²) in [6.45, 7) is 6.43. The first kappa shape index (κ1) is 56.9. The summed E-state index contributed by atoms with van der Waals surface area (Å²) >= 11 is 0. The van der Waals surface area contributed by atoms with E-state index >= 15 is 0 Å². The average molecular weight is 837 g/mol. The Hall–Kier alpha value is -3.15. The van der Waals surface area contributed by atoms with Gasteiger partial charge >= 0.3 is 17.9 Å². The van der Waals surface area contributed by atoms with Gasteiger partial charge < -0.3 is 14.2 Å². The normalized spacial score (nSPS) is 12.7. The lowest BCUT2D eigenvalue weighted by Crippen LogP contribution is -2.30. The van der Waals surface area contributed by atoms with Gasteiger partial charge in [-0.3, -0.25) is 14.4 Å². The summed E-state index contributed by atoms with van der Waals surface area (Å²) in [6.07, 6.45) is 60.4. The molecule has 0 N–H and O–H groups in total. The highest BCUT2D eigenvalue weighted by atomic mass is 16.6. The number of hydrogen-bond donors (Lipinski definition) is 0. The summed E-state index contributed by atoms with van der Waals surface area (Å²) in [4.78, 5) is 37.8. The molecule has 1 unspecified atom stereocenters. The smallest absolute Gasteiger partial charge is 0.306 e. The molecule has 0 heterocycles. The van der Waals surface area contributed by atoms with Crippen molar-refractivity contribution in [3.8, 4) is 0 Å². The molecule has 0 amide bonds. The molecule has 6 nitrogen and oxygen atoms in total. The van der Waals surface area contributed by atoms with Crippen LogP contribution in [0.3, 0.4) is 0 Å². The van der Waals surface area contributed by atoms with Crippen LogP contribution < -0.4 is 0 Å². The first-order chi connectivity index (χ1) is 29.5. The van der Waals surface area contributed by atoms with Crippen LogP contribution in [0.1, 0.15) is 233 Å². The van der Waals surface area contributed by atoms with E-state index in [1.54, 1.807) is 0 Å². The van der Waals surface area contributed by atoms with Crippen LogP contribution in [-0.4, -0.2) is 37.2 Å². The number of carbonyl (C=O) groups excluding carboxylic acids is 3. The fourth-order valence-electron chi connectivity index (χ4n) is 6.71. The molecule has 0 aromatic carbocycles. The summed E-state index contributed by atoms with van der Waals surface area (Å²) in [6, 6.07) is 0. The van der Waals surface area contributed by atoms with E-state index < -0.39 is 6.10 Å². The van der Waals surface area contributed by atoms with Crippen LogP contribution in [0.4, 0.5) is 0 Å². The molecule has 0 bridgehead atoms. The van der Waals surface area contributed by atoms with Crippen LogP contribution >= 0.6 is 0 Å². The third-order valence-corrected chi connectivity index (χ3v) is 10.4. The zero-order chi connectivity index (χ0) is 43.7. The minimum absolute atomic E-state index is 0.0941. The van der Waals surface area contributed by atoms with Crippen molar-refractivity contribution in [2.45, 2.75) is 239 Å². The van der Waals surface area contributed by atoms with Crippen LogP contribution in [0.25, 0.3) is 0 Å². The van der Waals surface area contributed by atoms with Gasteiger partial charge in [-0.1, -0.05) is 203 Å². The van der Waals surface area contributed by atoms with Crippen LogP contribution in [-0.2, 0) is 28.6 Å². The Kier molecular flexibility index (Phi) is 46.0. The van der Waals surface area contributed by atoms with E-state index in [0.717, 1.165) is 77.0 Å². The SMILES string of the molecule is CC/C=C\C/C=C\C/C=C\C/C=C\C/C=C\CCCC(=O)OCC(COC(=O)CCCCCCCCCC)OC(=O)CCCCCCCCC/C=C\CCCCCCCC. The quantitative estimate of drug-likeness (QED) is 0.0263. The molecule has 1 atom stereocenters. The topological polar surface area (TPSA) is 78.9 Å². The van der Waals surface area contributed by atoms with Gasteiger partial charge in [-0.25, -0.2) is 0 Å². The number of esters is 3. The number of ether oxygens (including phenoxy) is 3. The molecule has 344 valence electrons. The molecule has 0 aromatic rings. The first-order valence-corrected chi connectivity index (χ1v) is 24.9. The van der Waals surface area contributed by atoms with Gasteiger partial charge in [0.05, 0.1) is 0 Å². The molecule has 0 fully saturated rings. The van der Waals surface area contributed by atoms with E-state index in [0.29, 0.717) is 19.3 Å². The highest BCUT2D eigenvalue weighted by Crippen LogP contribution is 2.14. The summed E-state index contributed by atoms with van der Waals surface area (Å²) in [5.74, 6) is -0.964. The number of unbranched alkanes of at least 4 members (excludes halogenated alkanes) is 21. The molecule has 60 heavy (non-hydrogen) atoms. The second kappa shape index (κ2) is 48.5. The molecule has 6 heteroatoms. The zero-order valence-corrected chi connectivity index (χ0v) is 39.2. The maximum absolute atomic E-state index is 12.8. The van der Waals surface area contributed by atoms with Gasteiger partial charge in [0.25, 0.3) is 0 Å². The Morgan fingerprint density at radius 3 is 1.10 bits per heavy atom. The molecule has 0 spiro atoms. The van der Waals surface area contributed by atoms with Crippen molar-refractivity contribution in [1.82, 2.24) is 0 Å². The lowest BCUT2D eigenvalue weighted by molar-refractivity contribution is -0.167. The molecule has 0 aliphatic heterocycles. The number of allylic oxidation sites excluding steroid dienone is 12. The molecular formula is C54H92O6.